The molecule has 4 heteroatoms. The molecule has 84 valence electrons. The molecular weight excluding hydrogens is 204 g/mol. The third kappa shape index (κ3) is 2.76. The average Bonchev–Trinajstić information content (AvgIpc) is 2.82. The van der Waals surface area contributed by atoms with Gasteiger partial charge >= 0.3 is 0 Å². The van der Waals surface area contributed by atoms with Crippen LogP contribution in [-0.2, 0) is 6.54 Å². The van der Waals surface area contributed by atoms with E-state index in [1.807, 2.05) is 31.2 Å². The number of nitrogens with one attached hydrogen (secondary N) is 1. The van der Waals surface area contributed by atoms with Crippen LogP contribution in [0, 0.1) is 0 Å². The maximum Gasteiger partial charge on any atom is 0.213 e. The summed E-state index contributed by atoms with van der Waals surface area (Å²) in [6.07, 6.45) is 3.40. The fourth-order valence-corrected chi connectivity index (χ4v) is 1.32. The fourth-order valence-electron chi connectivity index (χ4n) is 1.32. The lowest BCUT2D eigenvalue weighted by Gasteiger charge is -2.05. The lowest BCUT2D eigenvalue weighted by molar-refractivity contribution is 0.327. The van der Waals surface area contributed by atoms with Crippen molar-refractivity contribution in [1.82, 2.24) is 4.98 Å². The Bertz CT molecular complexity index is 409. The molecule has 0 atom stereocenters. The molecule has 0 aliphatic heterocycles. The molecule has 0 bridgehead atoms. The van der Waals surface area contributed by atoms with Gasteiger partial charge in [-0.15, -0.1) is 0 Å². The molecule has 0 spiro atoms. The molecule has 4 nitrogen and oxygen atoms in total. The van der Waals surface area contributed by atoms with Crippen LogP contribution < -0.4 is 10.1 Å². The van der Waals surface area contributed by atoms with Gasteiger partial charge in [0.2, 0.25) is 5.88 Å². The first-order valence-corrected chi connectivity index (χ1v) is 5.23. The number of furan rings is 1. The van der Waals surface area contributed by atoms with E-state index in [2.05, 4.69) is 10.3 Å². The molecule has 0 fully saturated rings. The summed E-state index contributed by atoms with van der Waals surface area (Å²) in [7, 11) is 0. The van der Waals surface area contributed by atoms with Gasteiger partial charge in [0.05, 0.1) is 31.3 Å². The first-order chi connectivity index (χ1) is 7.88. The molecule has 0 saturated heterocycles. The maximum atomic E-state index is 5.25. The minimum atomic E-state index is 0.631. The molecule has 2 heterocycles. The van der Waals surface area contributed by atoms with Gasteiger partial charge in [0.25, 0.3) is 0 Å². The molecule has 2 rings (SSSR count). The van der Waals surface area contributed by atoms with E-state index in [1.54, 1.807) is 12.5 Å². The summed E-state index contributed by atoms with van der Waals surface area (Å²) in [6.45, 7) is 3.22. The highest BCUT2D eigenvalue weighted by Gasteiger charge is 1.97. The van der Waals surface area contributed by atoms with Crippen LogP contribution in [-0.4, -0.2) is 11.6 Å². The molecule has 0 aliphatic rings. The predicted octanol–water partition coefficient (Wildman–Crippen LogP) is 2.69. The number of hydrogen-bond acceptors (Lipinski definition) is 4. The van der Waals surface area contributed by atoms with Gasteiger partial charge < -0.3 is 14.5 Å². The number of ether oxygens (including phenoxy) is 1. The molecule has 16 heavy (non-hydrogen) atoms. The summed E-state index contributed by atoms with van der Waals surface area (Å²) >= 11 is 0. The fraction of sp³-hybridized carbons (Fsp3) is 0.250. The summed E-state index contributed by atoms with van der Waals surface area (Å²) < 4.78 is 10.5. The topological polar surface area (TPSA) is 47.3 Å². The van der Waals surface area contributed by atoms with Crippen molar-refractivity contribution in [2.45, 2.75) is 13.5 Å². The van der Waals surface area contributed by atoms with Crippen LogP contribution in [0.4, 0.5) is 5.69 Å². The second kappa shape index (κ2) is 5.21. The van der Waals surface area contributed by atoms with E-state index in [9.17, 15) is 0 Å². The van der Waals surface area contributed by atoms with Gasteiger partial charge in [0.15, 0.2) is 0 Å². The van der Waals surface area contributed by atoms with Crippen molar-refractivity contribution in [3.05, 3.63) is 42.5 Å². The van der Waals surface area contributed by atoms with Crippen LogP contribution in [0.25, 0.3) is 0 Å². The molecule has 2 aromatic rings. The number of hydrogen-bond donors (Lipinski definition) is 1. The molecule has 0 radical (unpaired) electrons. The number of pyridine rings is 1. The largest absolute Gasteiger partial charge is 0.478 e. The van der Waals surface area contributed by atoms with Crippen molar-refractivity contribution in [3.8, 4) is 5.88 Å². The Morgan fingerprint density at radius 3 is 2.94 bits per heavy atom. The second-order valence-corrected chi connectivity index (χ2v) is 3.25. The smallest absolute Gasteiger partial charge is 0.213 e. The molecule has 2 aromatic heterocycles. The maximum absolute atomic E-state index is 5.25. The van der Waals surface area contributed by atoms with Crippen LogP contribution in [0.5, 0.6) is 5.88 Å². The van der Waals surface area contributed by atoms with E-state index >= 15 is 0 Å². The van der Waals surface area contributed by atoms with Crippen molar-refractivity contribution < 1.29 is 9.15 Å². The third-order valence-corrected chi connectivity index (χ3v) is 2.08. The first-order valence-electron chi connectivity index (χ1n) is 5.23. The van der Waals surface area contributed by atoms with Crippen LogP contribution in [0.1, 0.15) is 12.7 Å². The first kappa shape index (κ1) is 10.5. The van der Waals surface area contributed by atoms with Crippen molar-refractivity contribution in [1.29, 1.82) is 0 Å². The van der Waals surface area contributed by atoms with Crippen molar-refractivity contribution in [2.24, 2.45) is 0 Å². The van der Waals surface area contributed by atoms with Crippen LogP contribution >= 0.6 is 0 Å². The molecular formula is C12H14N2O2. The Kier molecular flexibility index (Phi) is 3.43. The minimum Gasteiger partial charge on any atom is -0.478 e. The minimum absolute atomic E-state index is 0.631. The standard InChI is InChI=1S/C12H14N2O2/c1-2-15-12-6-5-10(8-14-12)13-9-11-4-3-7-16-11/h3-8,13H,2,9H2,1H3. The summed E-state index contributed by atoms with van der Waals surface area (Å²) in [5.74, 6) is 1.54. The number of nitrogens with zero attached hydrogens (tertiary/aromatic N) is 1. The Morgan fingerprint density at radius 2 is 2.31 bits per heavy atom. The SMILES string of the molecule is CCOc1ccc(NCc2ccco2)cn1. The second-order valence-electron chi connectivity index (χ2n) is 3.25. The summed E-state index contributed by atoms with van der Waals surface area (Å²) in [6, 6.07) is 7.57. The van der Waals surface area contributed by atoms with Gasteiger partial charge in [-0.05, 0) is 25.1 Å². The molecule has 0 saturated carbocycles. The Balaban J connectivity index is 1.90. The number of rotatable bonds is 5. The van der Waals surface area contributed by atoms with E-state index in [0.29, 0.717) is 19.0 Å². The van der Waals surface area contributed by atoms with Crippen LogP contribution in [0.2, 0.25) is 0 Å². The van der Waals surface area contributed by atoms with Crippen molar-refractivity contribution >= 4 is 5.69 Å². The van der Waals surface area contributed by atoms with Gasteiger partial charge in [-0.1, -0.05) is 0 Å². The van der Waals surface area contributed by atoms with Crippen molar-refractivity contribution in [3.63, 3.8) is 0 Å². The summed E-state index contributed by atoms with van der Waals surface area (Å²) in [4.78, 5) is 4.15. The normalized spacial score (nSPS) is 10.1. The number of aromatic nitrogens is 1. The molecule has 0 unspecified atom stereocenters. The van der Waals surface area contributed by atoms with Gasteiger partial charge in [0.1, 0.15) is 5.76 Å². The zero-order valence-corrected chi connectivity index (χ0v) is 9.14. The van der Waals surface area contributed by atoms with Gasteiger partial charge in [-0.2, -0.15) is 0 Å². The summed E-state index contributed by atoms with van der Waals surface area (Å²) in [5, 5.41) is 3.20. The summed E-state index contributed by atoms with van der Waals surface area (Å²) in [5.41, 5.74) is 0.944. The van der Waals surface area contributed by atoms with Crippen LogP contribution in [0.15, 0.2) is 41.1 Å². The van der Waals surface area contributed by atoms with Crippen molar-refractivity contribution in [2.75, 3.05) is 11.9 Å². The van der Waals surface area contributed by atoms with Gasteiger partial charge in [-0.25, -0.2) is 4.98 Å². The average molecular weight is 218 g/mol. The third-order valence-electron chi connectivity index (χ3n) is 2.08. The highest BCUT2D eigenvalue weighted by molar-refractivity contribution is 5.42. The zero-order chi connectivity index (χ0) is 11.2. The Labute approximate surface area is 94.3 Å². The zero-order valence-electron chi connectivity index (χ0n) is 9.14. The van der Waals surface area contributed by atoms with E-state index in [0.717, 1.165) is 11.4 Å². The van der Waals surface area contributed by atoms with E-state index in [1.165, 1.54) is 0 Å². The molecule has 1 N–H and O–H groups in total. The lowest BCUT2D eigenvalue weighted by Crippen LogP contribution is -1.99. The highest BCUT2D eigenvalue weighted by Crippen LogP contribution is 2.12. The Morgan fingerprint density at radius 1 is 1.38 bits per heavy atom. The molecule has 0 aromatic carbocycles. The predicted molar refractivity (Wildman–Crippen MR) is 61.4 cm³/mol. The Hall–Kier alpha value is -1.97. The number of anilines is 1. The lowest BCUT2D eigenvalue weighted by atomic mass is 10.4. The highest BCUT2D eigenvalue weighted by atomic mass is 16.5. The van der Waals surface area contributed by atoms with Gasteiger partial charge in [0, 0.05) is 6.07 Å². The quantitative estimate of drug-likeness (QED) is 0.838. The van der Waals surface area contributed by atoms with E-state index in [4.69, 9.17) is 9.15 Å². The monoisotopic (exact) mass is 218 g/mol. The van der Waals surface area contributed by atoms with E-state index in [-0.39, 0.29) is 0 Å². The molecule has 0 aliphatic carbocycles. The van der Waals surface area contributed by atoms with E-state index < -0.39 is 0 Å². The van der Waals surface area contributed by atoms with Gasteiger partial charge in [-0.3, -0.25) is 0 Å². The van der Waals surface area contributed by atoms with Crippen LogP contribution in [0.3, 0.4) is 0 Å². The molecule has 0 amide bonds.